The van der Waals surface area contributed by atoms with Crippen molar-refractivity contribution in [3.05, 3.63) is 83.9 Å². The Hall–Kier alpha value is -3.64. The summed E-state index contributed by atoms with van der Waals surface area (Å²) in [6, 6.07) is 23.5. The standard InChI is InChI=1S/C22H16ClN3O3/c23-16-12-10-15(11-13-16)22-25-21(26-29-22)18-8-4-5-9-19(18)28-14-20(27)24-17-6-2-1-3-7-17/h1-13H,14H2,(H,24,27). The molecule has 1 aromatic heterocycles. The van der Waals surface area contributed by atoms with E-state index in [1.54, 1.807) is 36.4 Å². The number of carbonyl (C=O) groups is 1. The second-order valence-electron chi connectivity index (χ2n) is 6.13. The number of halogens is 1. The minimum Gasteiger partial charge on any atom is -0.483 e. The van der Waals surface area contributed by atoms with Crippen LogP contribution in [-0.2, 0) is 4.79 Å². The summed E-state index contributed by atoms with van der Waals surface area (Å²) in [4.78, 5) is 16.6. The van der Waals surface area contributed by atoms with E-state index >= 15 is 0 Å². The molecule has 0 saturated carbocycles. The Labute approximate surface area is 172 Å². The minimum atomic E-state index is -0.263. The van der Waals surface area contributed by atoms with Crippen LogP contribution in [0.25, 0.3) is 22.8 Å². The number of rotatable bonds is 6. The maximum absolute atomic E-state index is 12.2. The predicted molar refractivity (Wildman–Crippen MR) is 111 cm³/mol. The van der Waals surface area contributed by atoms with Crippen LogP contribution in [0.2, 0.25) is 5.02 Å². The van der Waals surface area contributed by atoms with E-state index < -0.39 is 0 Å². The van der Waals surface area contributed by atoms with Gasteiger partial charge in [-0.15, -0.1) is 0 Å². The highest BCUT2D eigenvalue weighted by molar-refractivity contribution is 6.30. The number of ether oxygens (including phenoxy) is 1. The van der Waals surface area contributed by atoms with Gasteiger partial charge in [-0.25, -0.2) is 0 Å². The van der Waals surface area contributed by atoms with Gasteiger partial charge in [0.25, 0.3) is 11.8 Å². The van der Waals surface area contributed by atoms with Crippen molar-refractivity contribution in [2.24, 2.45) is 0 Å². The summed E-state index contributed by atoms with van der Waals surface area (Å²) in [5, 5.41) is 7.44. The normalized spacial score (nSPS) is 10.5. The lowest BCUT2D eigenvalue weighted by molar-refractivity contribution is -0.118. The van der Waals surface area contributed by atoms with E-state index in [1.807, 2.05) is 42.5 Å². The van der Waals surface area contributed by atoms with E-state index in [0.29, 0.717) is 33.7 Å². The topological polar surface area (TPSA) is 77.2 Å². The first-order chi connectivity index (χ1) is 14.2. The predicted octanol–water partition coefficient (Wildman–Crippen LogP) is 5.07. The largest absolute Gasteiger partial charge is 0.483 e. The van der Waals surface area contributed by atoms with Gasteiger partial charge < -0.3 is 14.6 Å². The van der Waals surface area contributed by atoms with E-state index in [9.17, 15) is 4.79 Å². The molecule has 0 atom stereocenters. The quantitative estimate of drug-likeness (QED) is 0.484. The second-order valence-corrected chi connectivity index (χ2v) is 6.57. The average Bonchev–Trinajstić information content (AvgIpc) is 3.24. The van der Waals surface area contributed by atoms with E-state index in [2.05, 4.69) is 15.5 Å². The van der Waals surface area contributed by atoms with E-state index in [1.165, 1.54) is 0 Å². The van der Waals surface area contributed by atoms with Crippen LogP contribution in [0.3, 0.4) is 0 Å². The first kappa shape index (κ1) is 18.7. The van der Waals surface area contributed by atoms with Crippen molar-refractivity contribution in [1.29, 1.82) is 0 Å². The molecule has 0 unspecified atom stereocenters. The zero-order valence-corrected chi connectivity index (χ0v) is 16.0. The van der Waals surface area contributed by atoms with Gasteiger partial charge in [-0.05, 0) is 48.5 Å². The van der Waals surface area contributed by atoms with Crippen molar-refractivity contribution in [2.45, 2.75) is 0 Å². The van der Waals surface area contributed by atoms with Gasteiger partial charge in [0.05, 0.1) is 5.56 Å². The van der Waals surface area contributed by atoms with Crippen LogP contribution in [-0.4, -0.2) is 22.7 Å². The van der Waals surface area contributed by atoms with Crippen molar-refractivity contribution in [1.82, 2.24) is 10.1 Å². The third kappa shape index (κ3) is 4.62. The van der Waals surface area contributed by atoms with Gasteiger partial charge in [-0.1, -0.05) is 47.1 Å². The van der Waals surface area contributed by atoms with Crippen LogP contribution in [0.1, 0.15) is 0 Å². The summed E-state index contributed by atoms with van der Waals surface area (Å²) in [5.41, 5.74) is 2.10. The Morgan fingerprint density at radius 3 is 2.48 bits per heavy atom. The van der Waals surface area contributed by atoms with Crippen LogP contribution in [0.15, 0.2) is 83.4 Å². The Morgan fingerprint density at radius 2 is 1.69 bits per heavy atom. The molecule has 1 amide bonds. The van der Waals surface area contributed by atoms with Gasteiger partial charge in [0.2, 0.25) is 5.82 Å². The van der Waals surface area contributed by atoms with Gasteiger partial charge in [0, 0.05) is 16.3 Å². The van der Waals surface area contributed by atoms with Gasteiger partial charge in [-0.3, -0.25) is 4.79 Å². The summed E-state index contributed by atoms with van der Waals surface area (Å²) < 4.78 is 11.1. The van der Waals surface area contributed by atoms with Gasteiger partial charge in [0.15, 0.2) is 6.61 Å². The number of anilines is 1. The molecule has 0 spiro atoms. The van der Waals surface area contributed by atoms with Crippen molar-refractivity contribution < 1.29 is 14.1 Å². The number of benzene rings is 3. The number of nitrogens with zero attached hydrogens (tertiary/aromatic N) is 2. The zero-order chi connectivity index (χ0) is 20.1. The fraction of sp³-hybridized carbons (Fsp3) is 0.0455. The number of aromatic nitrogens is 2. The Balaban J connectivity index is 1.48. The van der Waals surface area contributed by atoms with Crippen LogP contribution in [0, 0.1) is 0 Å². The summed E-state index contributed by atoms with van der Waals surface area (Å²) in [7, 11) is 0. The highest BCUT2D eigenvalue weighted by Gasteiger charge is 2.15. The number of nitrogens with one attached hydrogen (secondary N) is 1. The van der Waals surface area contributed by atoms with Gasteiger partial charge in [0.1, 0.15) is 5.75 Å². The molecule has 3 aromatic carbocycles. The molecule has 0 radical (unpaired) electrons. The number of hydrogen-bond donors (Lipinski definition) is 1. The van der Waals surface area contributed by atoms with Crippen molar-refractivity contribution >= 4 is 23.2 Å². The first-order valence-corrected chi connectivity index (χ1v) is 9.23. The summed E-state index contributed by atoms with van der Waals surface area (Å²) in [6.07, 6.45) is 0. The molecule has 4 rings (SSSR count). The molecule has 7 heteroatoms. The molecule has 1 N–H and O–H groups in total. The van der Waals surface area contributed by atoms with E-state index in [4.69, 9.17) is 20.9 Å². The lowest BCUT2D eigenvalue weighted by atomic mass is 10.2. The molecule has 4 aromatic rings. The third-order valence-corrected chi connectivity index (χ3v) is 4.31. The maximum Gasteiger partial charge on any atom is 0.262 e. The number of hydrogen-bond acceptors (Lipinski definition) is 5. The molecule has 0 aliphatic carbocycles. The minimum absolute atomic E-state index is 0.145. The van der Waals surface area contributed by atoms with Crippen molar-refractivity contribution in [3.8, 4) is 28.6 Å². The lowest BCUT2D eigenvalue weighted by Crippen LogP contribution is -2.20. The summed E-state index contributed by atoms with van der Waals surface area (Å²) in [6.45, 7) is -0.145. The molecule has 6 nitrogen and oxygen atoms in total. The van der Waals surface area contributed by atoms with Crippen LogP contribution < -0.4 is 10.1 Å². The SMILES string of the molecule is O=C(COc1ccccc1-c1noc(-c2ccc(Cl)cc2)n1)Nc1ccccc1. The van der Waals surface area contributed by atoms with Crippen LogP contribution in [0.4, 0.5) is 5.69 Å². The number of amides is 1. The molecule has 0 saturated heterocycles. The Kier molecular flexibility index (Phi) is 5.54. The monoisotopic (exact) mass is 405 g/mol. The molecule has 0 aliphatic rings. The molecule has 29 heavy (non-hydrogen) atoms. The summed E-state index contributed by atoms with van der Waals surface area (Å²) >= 11 is 5.92. The van der Waals surface area contributed by atoms with Gasteiger partial charge >= 0.3 is 0 Å². The molecular weight excluding hydrogens is 390 g/mol. The Bertz CT molecular complexity index is 1110. The molecule has 0 aliphatic heterocycles. The maximum atomic E-state index is 12.2. The molecule has 144 valence electrons. The second kappa shape index (κ2) is 8.58. The fourth-order valence-electron chi connectivity index (χ4n) is 2.68. The fourth-order valence-corrected chi connectivity index (χ4v) is 2.81. The Morgan fingerprint density at radius 1 is 0.966 bits per heavy atom. The van der Waals surface area contributed by atoms with E-state index in [0.717, 1.165) is 5.56 Å². The molecule has 1 heterocycles. The van der Waals surface area contributed by atoms with Crippen LogP contribution >= 0.6 is 11.6 Å². The van der Waals surface area contributed by atoms with Crippen molar-refractivity contribution in [3.63, 3.8) is 0 Å². The van der Waals surface area contributed by atoms with Crippen molar-refractivity contribution in [2.75, 3.05) is 11.9 Å². The molecule has 0 bridgehead atoms. The zero-order valence-electron chi connectivity index (χ0n) is 15.2. The lowest BCUT2D eigenvalue weighted by Gasteiger charge is -2.09. The highest BCUT2D eigenvalue weighted by atomic mass is 35.5. The van der Waals surface area contributed by atoms with E-state index in [-0.39, 0.29) is 12.5 Å². The third-order valence-electron chi connectivity index (χ3n) is 4.06. The molecule has 0 fully saturated rings. The molecular formula is C22H16ClN3O3. The first-order valence-electron chi connectivity index (χ1n) is 8.86. The van der Waals surface area contributed by atoms with Gasteiger partial charge in [-0.2, -0.15) is 4.98 Å². The number of carbonyl (C=O) groups excluding carboxylic acids is 1. The highest BCUT2D eigenvalue weighted by Crippen LogP contribution is 2.30. The summed E-state index contributed by atoms with van der Waals surface area (Å²) in [5.74, 6) is 0.961. The smallest absolute Gasteiger partial charge is 0.262 e. The number of para-hydroxylation sites is 2. The average molecular weight is 406 g/mol. The van der Waals surface area contributed by atoms with Crippen LogP contribution in [0.5, 0.6) is 5.75 Å².